The highest BCUT2D eigenvalue weighted by Crippen LogP contribution is 2.45. The number of hydrogen-bond acceptors (Lipinski definition) is 7. The molecule has 9 heteroatoms. The average molecular weight is 439 g/mol. The lowest BCUT2D eigenvalue weighted by Gasteiger charge is -2.40. The van der Waals surface area contributed by atoms with E-state index in [9.17, 15) is 8.78 Å². The molecular weight excluding hydrogens is 418 g/mol. The molecule has 158 valence electrons. The molecule has 0 bridgehead atoms. The molecule has 1 aromatic carbocycles. The number of nitrogens with zero attached hydrogens (tertiary/aromatic N) is 4. The molecule has 3 aromatic rings. The SMILES string of the molecule is C[C@@H]1SC(N)=N[C@](CF)(c2cc(Nc3nccc4cc(C#N)cnc34)ccc2F)[C@@H]1C. The van der Waals surface area contributed by atoms with E-state index in [0.29, 0.717) is 22.6 Å². The van der Waals surface area contributed by atoms with E-state index in [1.165, 1.54) is 24.0 Å². The van der Waals surface area contributed by atoms with E-state index in [1.54, 1.807) is 30.5 Å². The second-order valence-corrected chi connectivity index (χ2v) is 8.90. The van der Waals surface area contributed by atoms with Crippen LogP contribution in [0.4, 0.5) is 20.3 Å². The van der Waals surface area contributed by atoms with Gasteiger partial charge >= 0.3 is 0 Å². The minimum absolute atomic E-state index is 0.0254. The van der Waals surface area contributed by atoms with Crippen molar-refractivity contribution in [2.24, 2.45) is 16.6 Å². The number of hydrogen-bond donors (Lipinski definition) is 2. The van der Waals surface area contributed by atoms with Crippen LogP contribution < -0.4 is 11.1 Å². The number of nitrogens with two attached hydrogens (primary N) is 1. The topological polar surface area (TPSA) is 100.0 Å². The van der Waals surface area contributed by atoms with Gasteiger partial charge in [-0.05, 0) is 30.3 Å². The molecule has 0 unspecified atom stereocenters. The van der Waals surface area contributed by atoms with Crippen LogP contribution in [0.3, 0.4) is 0 Å². The molecule has 3 heterocycles. The molecule has 3 N–H and O–H groups in total. The summed E-state index contributed by atoms with van der Waals surface area (Å²) in [6.45, 7) is 2.92. The van der Waals surface area contributed by atoms with Crippen LogP contribution >= 0.6 is 11.8 Å². The highest BCUT2D eigenvalue weighted by atomic mass is 32.2. The second-order valence-electron chi connectivity index (χ2n) is 7.51. The third kappa shape index (κ3) is 3.68. The molecule has 0 fully saturated rings. The van der Waals surface area contributed by atoms with Gasteiger partial charge in [0.2, 0.25) is 0 Å². The first-order valence-electron chi connectivity index (χ1n) is 9.68. The third-order valence-electron chi connectivity index (χ3n) is 5.70. The summed E-state index contributed by atoms with van der Waals surface area (Å²) in [6, 6.07) is 9.90. The Morgan fingerprint density at radius 1 is 1.26 bits per heavy atom. The fourth-order valence-electron chi connectivity index (χ4n) is 3.82. The number of thioether (sulfide) groups is 1. The van der Waals surface area contributed by atoms with Crippen molar-refractivity contribution in [1.29, 1.82) is 5.26 Å². The van der Waals surface area contributed by atoms with Crippen molar-refractivity contribution in [2.75, 3.05) is 12.0 Å². The highest BCUT2D eigenvalue weighted by Gasteiger charge is 2.46. The van der Waals surface area contributed by atoms with Gasteiger partial charge in [-0.15, -0.1) is 0 Å². The minimum Gasteiger partial charge on any atom is -0.379 e. The van der Waals surface area contributed by atoms with Crippen molar-refractivity contribution in [1.82, 2.24) is 9.97 Å². The molecule has 0 saturated heterocycles. The first-order valence-corrected chi connectivity index (χ1v) is 10.6. The number of amidine groups is 1. The summed E-state index contributed by atoms with van der Waals surface area (Å²) >= 11 is 1.36. The number of fused-ring (bicyclic) bond motifs is 1. The monoisotopic (exact) mass is 438 g/mol. The van der Waals surface area contributed by atoms with Gasteiger partial charge in [-0.2, -0.15) is 5.26 Å². The molecule has 0 spiro atoms. The lowest BCUT2D eigenvalue weighted by atomic mass is 9.78. The molecule has 0 amide bonds. The normalized spacial score (nSPS) is 23.3. The Kier molecular flexibility index (Phi) is 5.50. The van der Waals surface area contributed by atoms with Gasteiger partial charge in [-0.25, -0.2) is 18.8 Å². The quantitative estimate of drug-likeness (QED) is 0.616. The van der Waals surface area contributed by atoms with Crippen molar-refractivity contribution >= 4 is 39.3 Å². The first-order chi connectivity index (χ1) is 14.9. The molecule has 4 rings (SSSR count). The molecular formula is C22H20F2N6S. The van der Waals surface area contributed by atoms with Crippen LogP contribution in [0.2, 0.25) is 0 Å². The number of halogens is 2. The molecule has 1 aliphatic rings. The third-order valence-corrected chi connectivity index (χ3v) is 6.81. The molecule has 31 heavy (non-hydrogen) atoms. The van der Waals surface area contributed by atoms with Gasteiger partial charge in [0.25, 0.3) is 0 Å². The molecule has 3 atom stereocenters. The van der Waals surface area contributed by atoms with Crippen LogP contribution in [0, 0.1) is 23.1 Å². The van der Waals surface area contributed by atoms with Crippen molar-refractivity contribution < 1.29 is 8.78 Å². The lowest BCUT2D eigenvalue weighted by Crippen LogP contribution is -2.44. The van der Waals surface area contributed by atoms with E-state index in [2.05, 4.69) is 26.3 Å². The maximum Gasteiger partial charge on any atom is 0.156 e. The standard InChI is InChI=1S/C22H20F2N6S/c1-12-13(2)31-21(26)30-22(12,11-23)17-8-16(3-4-18(17)24)29-20-19-15(5-6-27-20)7-14(9-25)10-28-19/h3-8,10,12-13H,11H2,1-2H3,(H2,26,30)(H,27,29)/t12-,13+,22+/m1/s1. The number of nitrogens with one attached hydrogen (secondary N) is 1. The van der Waals surface area contributed by atoms with Gasteiger partial charge in [0.1, 0.15) is 29.6 Å². The van der Waals surface area contributed by atoms with E-state index in [1.807, 2.05) is 13.8 Å². The van der Waals surface area contributed by atoms with E-state index in [0.717, 1.165) is 5.39 Å². The molecule has 2 aromatic heterocycles. The Bertz CT molecular complexity index is 1220. The molecule has 0 saturated carbocycles. The number of pyridine rings is 2. The molecule has 1 aliphatic heterocycles. The van der Waals surface area contributed by atoms with Crippen LogP contribution in [0.1, 0.15) is 25.0 Å². The number of benzene rings is 1. The van der Waals surface area contributed by atoms with Crippen LogP contribution in [0.5, 0.6) is 0 Å². The Balaban J connectivity index is 1.78. The zero-order valence-electron chi connectivity index (χ0n) is 16.9. The Hall–Kier alpha value is -3.25. The predicted molar refractivity (Wildman–Crippen MR) is 119 cm³/mol. The predicted octanol–water partition coefficient (Wildman–Crippen LogP) is 4.64. The number of nitriles is 1. The minimum atomic E-state index is -1.40. The summed E-state index contributed by atoms with van der Waals surface area (Å²) in [7, 11) is 0. The fourth-order valence-corrected chi connectivity index (χ4v) is 4.84. The van der Waals surface area contributed by atoms with Crippen LogP contribution in [0.25, 0.3) is 10.9 Å². The molecule has 0 aliphatic carbocycles. The summed E-state index contributed by atoms with van der Waals surface area (Å²) in [4.78, 5) is 13.0. The van der Waals surface area contributed by atoms with E-state index in [4.69, 9.17) is 11.0 Å². The molecule has 0 radical (unpaired) electrons. The van der Waals surface area contributed by atoms with Crippen LogP contribution in [0.15, 0.2) is 47.7 Å². The maximum atomic E-state index is 14.9. The van der Waals surface area contributed by atoms with E-state index < -0.39 is 18.0 Å². The summed E-state index contributed by atoms with van der Waals surface area (Å²) in [6.07, 6.45) is 3.05. The van der Waals surface area contributed by atoms with Gasteiger partial charge in [0, 0.05) is 40.2 Å². The number of anilines is 2. The van der Waals surface area contributed by atoms with Gasteiger partial charge in [-0.3, -0.25) is 4.98 Å². The van der Waals surface area contributed by atoms with Crippen molar-refractivity contribution in [2.45, 2.75) is 24.6 Å². The number of aromatic nitrogens is 2. The van der Waals surface area contributed by atoms with Crippen LogP contribution in [-0.2, 0) is 5.54 Å². The Morgan fingerprint density at radius 2 is 2.06 bits per heavy atom. The largest absolute Gasteiger partial charge is 0.379 e. The Labute approximate surface area is 182 Å². The van der Waals surface area contributed by atoms with Gasteiger partial charge in [0.05, 0.1) is 5.56 Å². The zero-order valence-corrected chi connectivity index (χ0v) is 17.8. The van der Waals surface area contributed by atoms with Crippen LogP contribution in [-0.4, -0.2) is 27.1 Å². The highest BCUT2D eigenvalue weighted by molar-refractivity contribution is 8.14. The van der Waals surface area contributed by atoms with Crippen molar-refractivity contribution in [3.8, 4) is 6.07 Å². The summed E-state index contributed by atoms with van der Waals surface area (Å²) < 4.78 is 29.3. The van der Waals surface area contributed by atoms with Crippen molar-refractivity contribution in [3.63, 3.8) is 0 Å². The summed E-state index contributed by atoms with van der Waals surface area (Å²) in [5, 5.41) is 13.2. The smallest absolute Gasteiger partial charge is 0.156 e. The fraction of sp³-hybridized carbons (Fsp3) is 0.273. The summed E-state index contributed by atoms with van der Waals surface area (Å²) in [5.41, 5.74) is 6.20. The second kappa shape index (κ2) is 8.12. The van der Waals surface area contributed by atoms with Gasteiger partial charge in [-0.1, -0.05) is 25.6 Å². The average Bonchev–Trinajstić information content (AvgIpc) is 2.77. The number of aliphatic imine (C=N–C) groups is 1. The van der Waals surface area contributed by atoms with Gasteiger partial charge in [0.15, 0.2) is 11.0 Å². The lowest BCUT2D eigenvalue weighted by molar-refractivity contribution is 0.217. The molecule has 6 nitrogen and oxygen atoms in total. The van der Waals surface area contributed by atoms with E-state index >= 15 is 0 Å². The number of rotatable bonds is 4. The Morgan fingerprint density at radius 3 is 2.81 bits per heavy atom. The van der Waals surface area contributed by atoms with Crippen molar-refractivity contribution in [3.05, 3.63) is 59.7 Å². The van der Waals surface area contributed by atoms with E-state index in [-0.39, 0.29) is 21.9 Å². The summed E-state index contributed by atoms with van der Waals surface area (Å²) in [5.74, 6) is -0.382. The first kappa shape index (κ1) is 21.0. The zero-order chi connectivity index (χ0) is 22.2. The number of alkyl halides is 1. The maximum absolute atomic E-state index is 14.9. The van der Waals surface area contributed by atoms with Gasteiger partial charge < -0.3 is 11.1 Å².